The number of carbonyl (C=O) groups is 1. The maximum atomic E-state index is 12.0. The normalized spacial score (nSPS) is 11.8. The molecule has 2 N–H and O–H groups in total. The molecule has 0 aromatic carbocycles. The van der Waals surface area contributed by atoms with E-state index in [0.29, 0.717) is 11.6 Å². The second-order valence-corrected chi connectivity index (χ2v) is 6.56. The second-order valence-electron chi connectivity index (χ2n) is 5.25. The Hall–Kier alpha value is -2.94. The zero-order valence-corrected chi connectivity index (χ0v) is 14.6. The van der Waals surface area contributed by atoms with Crippen molar-refractivity contribution in [1.82, 2.24) is 24.7 Å². The van der Waals surface area contributed by atoms with Crippen molar-refractivity contribution in [3.05, 3.63) is 54.6 Å². The van der Waals surface area contributed by atoms with Crippen molar-refractivity contribution in [1.29, 1.82) is 0 Å². The van der Waals surface area contributed by atoms with Crippen LogP contribution in [0.5, 0.6) is 0 Å². The molecule has 0 aliphatic carbocycles. The minimum Gasteiger partial charge on any atom is -0.312 e. The summed E-state index contributed by atoms with van der Waals surface area (Å²) in [6, 6.07) is 8.65. The molecule has 3 aromatic heterocycles. The predicted molar refractivity (Wildman–Crippen MR) is 96.4 cm³/mol. The van der Waals surface area contributed by atoms with Crippen molar-refractivity contribution in [2.45, 2.75) is 17.3 Å². The minimum atomic E-state index is -0.392. The van der Waals surface area contributed by atoms with Gasteiger partial charge in [0.05, 0.1) is 0 Å². The van der Waals surface area contributed by atoms with Gasteiger partial charge >= 0.3 is 6.03 Å². The first-order chi connectivity index (χ1) is 12.1. The number of urea groups is 1. The van der Waals surface area contributed by atoms with Crippen LogP contribution in [0, 0.1) is 0 Å². The molecule has 9 heteroatoms. The van der Waals surface area contributed by atoms with Gasteiger partial charge in [0, 0.05) is 24.7 Å². The Balaban J connectivity index is 1.64. The van der Waals surface area contributed by atoms with Crippen molar-refractivity contribution in [2.24, 2.45) is 7.05 Å². The van der Waals surface area contributed by atoms with Crippen molar-refractivity contribution in [3.63, 3.8) is 0 Å². The highest BCUT2D eigenvalue weighted by atomic mass is 32.2. The van der Waals surface area contributed by atoms with Gasteiger partial charge in [-0.05, 0) is 36.8 Å². The van der Waals surface area contributed by atoms with Crippen LogP contribution in [0.3, 0.4) is 0 Å². The lowest BCUT2D eigenvalue weighted by molar-refractivity contribution is 0.262. The van der Waals surface area contributed by atoms with E-state index in [2.05, 4.69) is 37.7 Å². The van der Waals surface area contributed by atoms with Gasteiger partial charge in [-0.3, -0.25) is 10.6 Å². The van der Waals surface area contributed by atoms with Gasteiger partial charge in [-0.1, -0.05) is 17.8 Å². The number of hydrogen-bond acceptors (Lipinski definition) is 6. The molecule has 3 rings (SSSR count). The number of thioether (sulfide) groups is 1. The summed E-state index contributed by atoms with van der Waals surface area (Å²) < 4.78 is 1.86. The Bertz CT molecular complexity index is 852. The molecule has 0 spiro atoms. The quantitative estimate of drug-likeness (QED) is 0.683. The SMILES string of the molecule is C[C@H](Sc1nncn1C)c1ccnc(NC(=O)Nc2ccccn2)c1. The van der Waals surface area contributed by atoms with Crippen LogP contribution in [-0.4, -0.2) is 30.8 Å². The monoisotopic (exact) mass is 355 g/mol. The van der Waals surface area contributed by atoms with E-state index in [1.165, 1.54) is 0 Å². The largest absolute Gasteiger partial charge is 0.326 e. The number of pyridine rings is 2. The van der Waals surface area contributed by atoms with Gasteiger partial charge in [0.15, 0.2) is 5.16 Å². The average molecular weight is 355 g/mol. The number of nitrogens with one attached hydrogen (secondary N) is 2. The molecule has 0 aliphatic heterocycles. The van der Waals surface area contributed by atoms with Crippen LogP contribution in [0.15, 0.2) is 54.2 Å². The smallest absolute Gasteiger partial charge is 0.312 e. The van der Waals surface area contributed by atoms with Crippen molar-refractivity contribution in [2.75, 3.05) is 10.6 Å². The number of anilines is 2. The van der Waals surface area contributed by atoms with Crippen LogP contribution in [0.4, 0.5) is 16.4 Å². The van der Waals surface area contributed by atoms with E-state index in [9.17, 15) is 4.79 Å². The summed E-state index contributed by atoms with van der Waals surface area (Å²) in [5, 5.41) is 14.3. The van der Waals surface area contributed by atoms with E-state index in [1.807, 2.05) is 23.7 Å². The number of nitrogens with zero attached hydrogens (tertiary/aromatic N) is 5. The lowest BCUT2D eigenvalue weighted by Crippen LogP contribution is -2.20. The maximum absolute atomic E-state index is 12.0. The number of amides is 2. The number of aromatic nitrogens is 5. The van der Waals surface area contributed by atoms with Gasteiger partial charge in [0.1, 0.15) is 18.0 Å². The van der Waals surface area contributed by atoms with Crippen molar-refractivity contribution in [3.8, 4) is 0 Å². The minimum absolute atomic E-state index is 0.130. The lowest BCUT2D eigenvalue weighted by Gasteiger charge is -2.12. The highest BCUT2D eigenvalue weighted by Crippen LogP contribution is 2.33. The first-order valence-electron chi connectivity index (χ1n) is 7.57. The average Bonchev–Trinajstić information content (AvgIpc) is 3.00. The fourth-order valence-electron chi connectivity index (χ4n) is 2.07. The van der Waals surface area contributed by atoms with Gasteiger partial charge in [-0.25, -0.2) is 14.8 Å². The molecule has 128 valence electrons. The summed E-state index contributed by atoms with van der Waals surface area (Å²) in [5.41, 5.74) is 1.02. The third-order valence-electron chi connectivity index (χ3n) is 3.35. The molecule has 3 aromatic rings. The topological polar surface area (TPSA) is 97.6 Å². The number of aryl methyl sites for hydroxylation is 1. The molecule has 3 heterocycles. The predicted octanol–water partition coefficient (Wildman–Crippen LogP) is 3.10. The molecule has 1 atom stereocenters. The van der Waals surface area contributed by atoms with Crippen LogP contribution in [0.1, 0.15) is 17.7 Å². The van der Waals surface area contributed by atoms with Crippen LogP contribution in [-0.2, 0) is 7.05 Å². The molecule has 0 fully saturated rings. The van der Waals surface area contributed by atoms with Gasteiger partial charge in [0.2, 0.25) is 0 Å². The Labute approximate surface area is 149 Å². The standard InChI is InChI=1S/C16H17N7OS/c1-11(25-16-22-19-10-23(16)2)12-6-8-18-14(9-12)21-15(24)20-13-5-3-4-7-17-13/h3-11H,1-2H3,(H2,17,18,20,21,24)/t11-/m0/s1. The Morgan fingerprint density at radius 3 is 2.68 bits per heavy atom. The molecule has 0 unspecified atom stereocenters. The Morgan fingerprint density at radius 1 is 1.16 bits per heavy atom. The fraction of sp³-hybridized carbons (Fsp3) is 0.188. The zero-order chi connectivity index (χ0) is 17.6. The highest BCUT2D eigenvalue weighted by Gasteiger charge is 2.13. The molecular formula is C16H17N7OS. The Morgan fingerprint density at radius 2 is 1.96 bits per heavy atom. The fourth-order valence-corrected chi connectivity index (χ4v) is 2.98. The van der Waals surface area contributed by atoms with E-state index >= 15 is 0 Å². The zero-order valence-electron chi connectivity index (χ0n) is 13.7. The Kier molecular flexibility index (Phi) is 5.24. The molecule has 25 heavy (non-hydrogen) atoms. The lowest BCUT2D eigenvalue weighted by atomic mass is 10.2. The van der Waals surface area contributed by atoms with Gasteiger partial charge < -0.3 is 4.57 Å². The number of rotatable bonds is 5. The molecule has 0 radical (unpaired) electrons. The first-order valence-corrected chi connectivity index (χ1v) is 8.45. The summed E-state index contributed by atoms with van der Waals surface area (Å²) in [7, 11) is 1.90. The van der Waals surface area contributed by atoms with E-state index in [0.717, 1.165) is 10.7 Å². The first kappa shape index (κ1) is 16.9. The summed E-state index contributed by atoms with van der Waals surface area (Å²) in [5.74, 6) is 0.943. The van der Waals surface area contributed by atoms with E-state index < -0.39 is 6.03 Å². The third kappa shape index (κ3) is 4.54. The summed E-state index contributed by atoms with van der Waals surface area (Å²) in [4.78, 5) is 20.3. The molecule has 2 amide bonds. The van der Waals surface area contributed by atoms with Gasteiger partial charge in [0.25, 0.3) is 0 Å². The summed E-state index contributed by atoms with van der Waals surface area (Å²) >= 11 is 1.58. The van der Waals surface area contributed by atoms with Crippen molar-refractivity contribution >= 4 is 29.4 Å². The number of hydrogen-bond donors (Lipinski definition) is 2. The molecule has 0 saturated heterocycles. The van der Waals surface area contributed by atoms with Crippen molar-refractivity contribution < 1.29 is 4.79 Å². The van der Waals surface area contributed by atoms with Crippen LogP contribution < -0.4 is 10.6 Å². The van der Waals surface area contributed by atoms with Crippen LogP contribution >= 0.6 is 11.8 Å². The molecule has 8 nitrogen and oxygen atoms in total. The maximum Gasteiger partial charge on any atom is 0.326 e. The number of carbonyl (C=O) groups excluding carboxylic acids is 1. The second kappa shape index (κ2) is 7.75. The van der Waals surface area contributed by atoms with E-state index in [1.54, 1.807) is 48.7 Å². The highest BCUT2D eigenvalue weighted by molar-refractivity contribution is 7.99. The van der Waals surface area contributed by atoms with Gasteiger partial charge in [-0.2, -0.15) is 0 Å². The summed E-state index contributed by atoms with van der Waals surface area (Å²) in [6.45, 7) is 2.06. The van der Waals surface area contributed by atoms with E-state index in [-0.39, 0.29) is 5.25 Å². The summed E-state index contributed by atoms with van der Waals surface area (Å²) in [6.07, 6.45) is 4.94. The molecule has 0 aliphatic rings. The van der Waals surface area contributed by atoms with E-state index in [4.69, 9.17) is 0 Å². The molecule has 0 saturated carbocycles. The van der Waals surface area contributed by atoms with Gasteiger partial charge in [-0.15, -0.1) is 10.2 Å². The molecular weight excluding hydrogens is 338 g/mol. The van der Waals surface area contributed by atoms with Crippen LogP contribution in [0.2, 0.25) is 0 Å². The molecule has 0 bridgehead atoms. The third-order valence-corrected chi connectivity index (χ3v) is 4.56. The van der Waals surface area contributed by atoms with Crippen LogP contribution in [0.25, 0.3) is 0 Å².